The summed E-state index contributed by atoms with van der Waals surface area (Å²) in [6, 6.07) is 4.88. The van der Waals surface area contributed by atoms with Crippen LogP contribution in [-0.4, -0.2) is 23.9 Å². The van der Waals surface area contributed by atoms with Gasteiger partial charge in [0.25, 0.3) is 5.91 Å². The predicted molar refractivity (Wildman–Crippen MR) is 107 cm³/mol. The summed E-state index contributed by atoms with van der Waals surface area (Å²) >= 11 is 6.16. The Kier molecular flexibility index (Phi) is 9.48. The second kappa shape index (κ2) is 10.00. The molecule has 7 heteroatoms. The molecule has 1 rings (SSSR count). The van der Waals surface area contributed by atoms with Crippen molar-refractivity contribution in [3.8, 4) is 0 Å². The molecule has 1 aromatic carbocycles. The van der Waals surface area contributed by atoms with E-state index in [2.05, 4.69) is 10.6 Å². The topological polar surface area (TPSA) is 84.2 Å². The first kappa shape index (κ1) is 23.7. The van der Waals surface area contributed by atoms with Crippen LogP contribution in [-0.2, 0) is 4.79 Å². The summed E-state index contributed by atoms with van der Waals surface area (Å²) in [7, 11) is 0. The number of hydrogen-bond donors (Lipinski definition) is 3. The fourth-order valence-electron chi connectivity index (χ4n) is 2.12. The Labute approximate surface area is 161 Å². The fraction of sp³-hybridized carbons (Fsp3) is 0.556. The van der Waals surface area contributed by atoms with E-state index in [0.29, 0.717) is 29.2 Å². The minimum Gasteiger partial charge on any atom is -0.345 e. The maximum Gasteiger partial charge on any atom is 0.253 e. The van der Waals surface area contributed by atoms with Crippen LogP contribution in [0.4, 0.5) is 5.69 Å². The van der Waals surface area contributed by atoms with Gasteiger partial charge in [0.1, 0.15) is 0 Å². The summed E-state index contributed by atoms with van der Waals surface area (Å²) in [5, 5.41) is 6.08. The average molecular weight is 390 g/mol. The highest BCUT2D eigenvalue weighted by molar-refractivity contribution is 6.34. The maximum absolute atomic E-state index is 12.6. The van der Waals surface area contributed by atoms with E-state index in [1.807, 2.05) is 34.6 Å². The molecule has 0 aliphatic heterocycles. The van der Waals surface area contributed by atoms with E-state index in [0.717, 1.165) is 0 Å². The van der Waals surface area contributed by atoms with Crippen molar-refractivity contribution in [2.45, 2.75) is 46.6 Å². The predicted octanol–water partition coefficient (Wildman–Crippen LogP) is 3.85. The minimum absolute atomic E-state index is 0. The zero-order chi connectivity index (χ0) is 18.5. The van der Waals surface area contributed by atoms with E-state index in [1.165, 1.54) is 0 Å². The minimum atomic E-state index is -0.530. The number of nitrogens with two attached hydrogens (primary N) is 1. The molecule has 0 bridgehead atoms. The smallest absolute Gasteiger partial charge is 0.253 e. The van der Waals surface area contributed by atoms with Crippen LogP contribution in [0.2, 0.25) is 5.02 Å². The van der Waals surface area contributed by atoms with Crippen LogP contribution in [0.15, 0.2) is 18.2 Å². The molecule has 0 saturated carbocycles. The highest BCUT2D eigenvalue weighted by Crippen LogP contribution is 2.23. The van der Waals surface area contributed by atoms with Gasteiger partial charge in [0, 0.05) is 18.7 Å². The van der Waals surface area contributed by atoms with Gasteiger partial charge < -0.3 is 16.4 Å². The maximum atomic E-state index is 12.6. The lowest BCUT2D eigenvalue weighted by Crippen LogP contribution is -2.55. The quantitative estimate of drug-likeness (QED) is 0.661. The third kappa shape index (κ3) is 6.84. The Balaban J connectivity index is 0.00000576. The number of hydrogen-bond acceptors (Lipinski definition) is 3. The van der Waals surface area contributed by atoms with Gasteiger partial charge in [-0.1, -0.05) is 39.3 Å². The fourth-order valence-corrected chi connectivity index (χ4v) is 2.32. The molecular formula is C18H29Cl2N3O2. The van der Waals surface area contributed by atoms with Gasteiger partial charge in [0.05, 0.1) is 16.1 Å². The number of benzene rings is 1. The summed E-state index contributed by atoms with van der Waals surface area (Å²) in [4.78, 5) is 24.5. The molecule has 2 amide bonds. The Morgan fingerprint density at radius 3 is 2.32 bits per heavy atom. The number of halogens is 2. The van der Waals surface area contributed by atoms with Crippen LogP contribution < -0.4 is 16.4 Å². The van der Waals surface area contributed by atoms with Crippen molar-refractivity contribution >= 4 is 41.5 Å². The summed E-state index contributed by atoms with van der Waals surface area (Å²) in [5.74, 6) is 0.0322. The SMILES string of the molecule is CC(C)CC(=O)Nc1ccc(Cl)c(C(=O)NC(C)(CN)C(C)C)c1.Cl. The molecule has 142 valence electrons. The second-order valence-corrected chi connectivity index (χ2v) is 7.48. The first-order valence-electron chi connectivity index (χ1n) is 8.21. The third-order valence-corrected chi connectivity index (χ3v) is 4.52. The standard InChI is InChI=1S/C18H28ClN3O2.ClH/c1-11(2)8-16(23)21-13-6-7-15(19)14(9-13)17(24)22-18(5,10-20)12(3)4;/h6-7,9,11-12H,8,10,20H2,1-5H3,(H,21,23)(H,22,24);1H. The van der Waals surface area contributed by atoms with E-state index < -0.39 is 5.54 Å². The molecule has 0 fully saturated rings. The molecule has 5 nitrogen and oxygen atoms in total. The summed E-state index contributed by atoms with van der Waals surface area (Å²) in [6.45, 7) is 10.2. The van der Waals surface area contributed by atoms with Gasteiger partial charge in [-0.25, -0.2) is 0 Å². The highest BCUT2D eigenvalue weighted by Gasteiger charge is 2.29. The number of anilines is 1. The van der Waals surface area contributed by atoms with Gasteiger partial charge >= 0.3 is 0 Å². The molecule has 0 aliphatic rings. The number of rotatable bonds is 7. The van der Waals surface area contributed by atoms with Crippen LogP contribution in [0.1, 0.15) is 51.4 Å². The van der Waals surface area contributed by atoms with Crippen molar-refractivity contribution in [2.24, 2.45) is 17.6 Å². The molecule has 0 spiro atoms. The molecule has 4 N–H and O–H groups in total. The van der Waals surface area contributed by atoms with Crippen molar-refractivity contribution in [1.82, 2.24) is 5.32 Å². The Morgan fingerprint density at radius 2 is 1.84 bits per heavy atom. The highest BCUT2D eigenvalue weighted by atomic mass is 35.5. The molecule has 25 heavy (non-hydrogen) atoms. The number of carbonyl (C=O) groups excluding carboxylic acids is 2. The van der Waals surface area contributed by atoms with E-state index in [9.17, 15) is 9.59 Å². The molecular weight excluding hydrogens is 361 g/mol. The van der Waals surface area contributed by atoms with E-state index in [-0.39, 0.29) is 36.1 Å². The van der Waals surface area contributed by atoms with Crippen molar-refractivity contribution in [3.05, 3.63) is 28.8 Å². The number of amides is 2. The molecule has 1 aromatic rings. The van der Waals surface area contributed by atoms with Crippen LogP contribution >= 0.6 is 24.0 Å². The van der Waals surface area contributed by atoms with Crippen molar-refractivity contribution < 1.29 is 9.59 Å². The number of carbonyl (C=O) groups is 2. The lowest BCUT2D eigenvalue weighted by Gasteiger charge is -2.33. The average Bonchev–Trinajstić information content (AvgIpc) is 2.47. The zero-order valence-electron chi connectivity index (χ0n) is 15.5. The van der Waals surface area contributed by atoms with E-state index in [4.69, 9.17) is 17.3 Å². The largest absolute Gasteiger partial charge is 0.345 e. The monoisotopic (exact) mass is 389 g/mol. The molecule has 0 radical (unpaired) electrons. The molecule has 0 aliphatic carbocycles. The van der Waals surface area contributed by atoms with Crippen molar-refractivity contribution in [1.29, 1.82) is 0 Å². The molecule has 1 unspecified atom stereocenters. The first-order chi connectivity index (χ1) is 11.1. The molecule has 0 aromatic heterocycles. The summed E-state index contributed by atoms with van der Waals surface area (Å²) < 4.78 is 0. The zero-order valence-corrected chi connectivity index (χ0v) is 17.1. The van der Waals surface area contributed by atoms with E-state index in [1.54, 1.807) is 18.2 Å². The summed E-state index contributed by atoms with van der Waals surface area (Å²) in [6.07, 6.45) is 0.419. The van der Waals surface area contributed by atoms with Crippen LogP contribution in [0.25, 0.3) is 0 Å². The third-order valence-electron chi connectivity index (χ3n) is 4.19. The molecule has 1 atom stereocenters. The van der Waals surface area contributed by atoms with Gasteiger partial charge in [-0.05, 0) is 37.0 Å². The lowest BCUT2D eigenvalue weighted by molar-refractivity contribution is -0.116. The van der Waals surface area contributed by atoms with Crippen LogP contribution in [0, 0.1) is 11.8 Å². The van der Waals surface area contributed by atoms with Crippen molar-refractivity contribution in [2.75, 3.05) is 11.9 Å². The molecule has 0 saturated heterocycles. The van der Waals surface area contributed by atoms with Gasteiger partial charge in [-0.2, -0.15) is 0 Å². The lowest BCUT2D eigenvalue weighted by atomic mass is 9.88. The van der Waals surface area contributed by atoms with Gasteiger partial charge in [-0.15, -0.1) is 12.4 Å². The normalized spacial score (nSPS) is 13.2. The Bertz CT molecular complexity index is 606. The molecule has 0 heterocycles. The van der Waals surface area contributed by atoms with E-state index >= 15 is 0 Å². The van der Waals surface area contributed by atoms with Crippen LogP contribution in [0.3, 0.4) is 0 Å². The summed E-state index contributed by atoms with van der Waals surface area (Å²) in [5.41, 5.74) is 6.15. The second-order valence-electron chi connectivity index (χ2n) is 7.07. The van der Waals surface area contributed by atoms with Gasteiger partial charge in [0.15, 0.2) is 0 Å². The Morgan fingerprint density at radius 1 is 1.24 bits per heavy atom. The van der Waals surface area contributed by atoms with Gasteiger partial charge in [0.2, 0.25) is 5.91 Å². The van der Waals surface area contributed by atoms with Crippen molar-refractivity contribution in [3.63, 3.8) is 0 Å². The van der Waals surface area contributed by atoms with Crippen LogP contribution in [0.5, 0.6) is 0 Å². The Hall–Kier alpha value is -1.30. The first-order valence-corrected chi connectivity index (χ1v) is 8.58. The van der Waals surface area contributed by atoms with Gasteiger partial charge in [-0.3, -0.25) is 9.59 Å². The number of nitrogens with one attached hydrogen (secondary N) is 2.